The summed E-state index contributed by atoms with van der Waals surface area (Å²) in [5.74, 6) is 0.274. The van der Waals surface area contributed by atoms with E-state index < -0.39 is 5.82 Å². The van der Waals surface area contributed by atoms with Gasteiger partial charge in [0.15, 0.2) is 11.6 Å². The van der Waals surface area contributed by atoms with Gasteiger partial charge in [-0.05, 0) is 54.1 Å². The lowest BCUT2D eigenvalue weighted by atomic mass is 9.92. The van der Waals surface area contributed by atoms with Gasteiger partial charge in [-0.25, -0.2) is 9.07 Å². The fourth-order valence-corrected chi connectivity index (χ4v) is 3.27. The van der Waals surface area contributed by atoms with Crippen molar-refractivity contribution in [1.82, 2.24) is 14.8 Å². The van der Waals surface area contributed by atoms with Gasteiger partial charge in [0.25, 0.3) is 0 Å². The lowest BCUT2D eigenvalue weighted by molar-refractivity contribution is -0.115. The second kappa shape index (κ2) is 9.35. The molecular weight excluding hydrogens is 435 g/mol. The highest BCUT2D eigenvalue weighted by atomic mass is 19.1. The average molecular weight is 461 g/mol. The van der Waals surface area contributed by atoms with E-state index in [4.69, 9.17) is 4.74 Å². The molecular formula is C26H25FN4O3. The number of ether oxygens (including phenoxy) is 1. The van der Waals surface area contributed by atoms with Gasteiger partial charge in [-0.3, -0.25) is 9.78 Å². The van der Waals surface area contributed by atoms with Gasteiger partial charge in [-0.15, -0.1) is 0 Å². The van der Waals surface area contributed by atoms with Gasteiger partial charge in [-0.1, -0.05) is 26.8 Å². The number of anilines is 1. The molecule has 34 heavy (non-hydrogen) atoms. The number of nitrogens with one attached hydrogen (secondary N) is 1. The highest BCUT2D eigenvalue weighted by Crippen LogP contribution is 2.28. The molecule has 4 aromatic rings. The molecule has 0 bridgehead atoms. The summed E-state index contributed by atoms with van der Waals surface area (Å²) in [6.45, 7) is 6.08. The van der Waals surface area contributed by atoms with E-state index in [1.165, 1.54) is 12.1 Å². The van der Waals surface area contributed by atoms with Crippen LogP contribution in [0.3, 0.4) is 0 Å². The monoisotopic (exact) mass is 460 g/mol. The van der Waals surface area contributed by atoms with Crippen LogP contribution >= 0.6 is 0 Å². The summed E-state index contributed by atoms with van der Waals surface area (Å²) < 4.78 is 21.7. The van der Waals surface area contributed by atoms with Crippen molar-refractivity contribution >= 4 is 11.7 Å². The first-order chi connectivity index (χ1) is 16.2. The van der Waals surface area contributed by atoms with Gasteiger partial charge in [0.1, 0.15) is 17.3 Å². The van der Waals surface area contributed by atoms with Crippen LogP contribution in [0.2, 0.25) is 0 Å². The molecule has 0 unspecified atom stereocenters. The summed E-state index contributed by atoms with van der Waals surface area (Å²) in [5.41, 5.74) is 1.74. The zero-order valence-electron chi connectivity index (χ0n) is 19.1. The van der Waals surface area contributed by atoms with Crippen molar-refractivity contribution in [3.8, 4) is 22.9 Å². The number of benzene rings is 2. The average Bonchev–Trinajstić information content (AvgIpc) is 3.21. The maximum atomic E-state index is 14.6. The Morgan fingerprint density at radius 2 is 1.76 bits per heavy atom. The number of phenols is 1. The molecule has 7 nitrogen and oxygen atoms in total. The molecule has 0 aliphatic heterocycles. The van der Waals surface area contributed by atoms with Crippen molar-refractivity contribution in [2.24, 2.45) is 0 Å². The van der Waals surface area contributed by atoms with Gasteiger partial charge in [0, 0.05) is 23.9 Å². The molecule has 2 aromatic carbocycles. The fourth-order valence-electron chi connectivity index (χ4n) is 3.27. The highest BCUT2D eigenvalue weighted by Gasteiger charge is 2.22. The highest BCUT2D eigenvalue weighted by molar-refractivity contribution is 5.91. The number of nitrogens with zero attached hydrogens (tertiary/aromatic N) is 3. The van der Waals surface area contributed by atoms with Crippen LogP contribution in [0.1, 0.15) is 32.0 Å². The predicted octanol–water partition coefficient (Wildman–Crippen LogP) is 5.38. The first-order valence-corrected chi connectivity index (χ1v) is 10.8. The molecule has 8 heteroatoms. The Balaban J connectivity index is 1.52. The molecule has 0 radical (unpaired) electrons. The molecule has 0 fully saturated rings. The third-order valence-electron chi connectivity index (χ3n) is 5.08. The van der Waals surface area contributed by atoms with Crippen molar-refractivity contribution in [1.29, 1.82) is 0 Å². The quantitative estimate of drug-likeness (QED) is 0.403. The number of pyridine rings is 1. The van der Waals surface area contributed by atoms with E-state index in [2.05, 4.69) is 15.4 Å². The molecule has 4 rings (SSSR count). The van der Waals surface area contributed by atoms with Crippen LogP contribution in [0, 0.1) is 5.82 Å². The number of carbonyl (C=O) groups excluding carboxylic acids is 1. The van der Waals surface area contributed by atoms with E-state index in [0.717, 1.165) is 5.69 Å². The van der Waals surface area contributed by atoms with E-state index in [0.29, 0.717) is 22.8 Å². The molecule has 1 amide bonds. The molecule has 0 spiro atoms. The molecule has 174 valence electrons. The molecule has 0 atom stereocenters. The normalized spacial score (nSPS) is 11.3. The van der Waals surface area contributed by atoms with E-state index in [1.807, 2.05) is 26.8 Å². The third-order valence-corrected chi connectivity index (χ3v) is 5.08. The summed E-state index contributed by atoms with van der Waals surface area (Å²) in [7, 11) is 0. The van der Waals surface area contributed by atoms with Gasteiger partial charge in [0.2, 0.25) is 5.91 Å². The number of phenolic OH excluding ortho intramolecular Hbond substituents is 1. The van der Waals surface area contributed by atoms with Gasteiger partial charge in [0.05, 0.1) is 17.8 Å². The Hall–Kier alpha value is -4.20. The Kier molecular flexibility index (Phi) is 6.32. The molecule has 2 N–H and O–H groups in total. The van der Waals surface area contributed by atoms with E-state index in [9.17, 15) is 14.3 Å². The van der Waals surface area contributed by atoms with Crippen LogP contribution in [-0.2, 0) is 16.6 Å². The van der Waals surface area contributed by atoms with Crippen LogP contribution in [-0.4, -0.2) is 25.8 Å². The van der Waals surface area contributed by atoms with Crippen molar-refractivity contribution in [2.75, 3.05) is 5.32 Å². The zero-order chi connectivity index (χ0) is 24.3. The van der Waals surface area contributed by atoms with Crippen molar-refractivity contribution < 1.29 is 19.0 Å². The summed E-state index contributed by atoms with van der Waals surface area (Å²) in [5, 5.41) is 17.1. The Bertz CT molecular complexity index is 1300. The lowest BCUT2D eigenvalue weighted by Gasteiger charge is -2.14. The molecule has 0 aliphatic rings. The van der Waals surface area contributed by atoms with Crippen LogP contribution < -0.4 is 10.1 Å². The lowest BCUT2D eigenvalue weighted by Crippen LogP contribution is -2.17. The largest absolute Gasteiger partial charge is 0.508 e. The molecule has 0 saturated carbocycles. The van der Waals surface area contributed by atoms with Gasteiger partial charge >= 0.3 is 0 Å². The SMILES string of the molecule is CC(C)(C)c1cc(NC(=O)Cc2ccc(Oc3ccncc3)c(F)c2)n(-c2ccc(O)cc2)n1. The van der Waals surface area contributed by atoms with Gasteiger partial charge in [-0.2, -0.15) is 5.10 Å². The summed E-state index contributed by atoms with van der Waals surface area (Å²) in [6.07, 6.45) is 3.08. The minimum Gasteiger partial charge on any atom is -0.508 e. The van der Waals surface area contributed by atoms with E-state index in [-0.39, 0.29) is 29.2 Å². The minimum atomic E-state index is -0.564. The number of rotatable bonds is 6. The number of carbonyl (C=O) groups is 1. The number of hydrogen-bond donors (Lipinski definition) is 2. The first kappa shape index (κ1) is 23.0. The second-order valence-electron chi connectivity index (χ2n) is 8.87. The first-order valence-electron chi connectivity index (χ1n) is 10.8. The smallest absolute Gasteiger partial charge is 0.229 e. The van der Waals surface area contributed by atoms with Crippen molar-refractivity contribution in [2.45, 2.75) is 32.6 Å². The van der Waals surface area contributed by atoms with E-state index in [1.54, 1.807) is 59.5 Å². The molecule has 0 saturated heterocycles. The Morgan fingerprint density at radius 3 is 2.41 bits per heavy atom. The van der Waals surface area contributed by atoms with Crippen LogP contribution in [0.15, 0.2) is 73.1 Å². The maximum absolute atomic E-state index is 14.6. The fraction of sp³-hybridized carbons (Fsp3) is 0.192. The predicted molar refractivity (Wildman–Crippen MR) is 127 cm³/mol. The number of aromatic nitrogens is 3. The second-order valence-corrected chi connectivity index (χ2v) is 8.87. The molecule has 2 heterocycles. The Morgan fingerprint density at radius 1 is 1.06 bits per heavy atom. The van der Waals surface area contributed by atoms with Crippen LogP contribution in [0.25, 0.3) is 5.69 Å². The summed E-state index contributed by atoms with van der Waals surface area (Å²) in [6, 6.07) is 16.0. The minimum absolute atomic E-state index is 0.0297. The third kappa shape index (κ3) is 5.40. The number of amides is 1. The van der Waals surface area contributed by atoms with Crippen LogP contribution in [0.5, 0.6) is 17.2 Å². The van der Waals surface area contributed by atoms with E-state index >= 15 is 0 Å². The van der Waals surface area contributed by atoms with Crippen molar-refractivity contribution in [3.63, 3.8) is 0 Å². The standard InChI is InChI=1S/C26H25FN4O3/c1-26(2,3)23-16-24(31(30-23)18-5-7-19(32)8-6-18)29-25(33)15-17-4-9-22(21(27)14-17)34-20-10-12-28-13-11-20/h4-14,16,32H,15H2,1-3H3,(H,29,33). The number of hydrogen-bond acceptors (Lipinski definition) is 5. The number of aromatic hydroxyl groups is 1. The zero-order valence-corrected chi connectivity index (χ0v) is 19.1. The topological polar surface area (TPSA) is 89.3 Å². The summed E-state index contributed by atoms with van der Waals surface area (Å²) in [4.78, 5) is 16.7. The summed E-state index contributed by atoms with van der Waals surface area (Å²) >= 11 is 0. The van der Waals surface area contributed by atoms with Gasteiger partial charge < -0.3 is 15.2 Å². The number of halogens is 1. The van der Waals surface area contributed by atoms with Crippen molar-refractivity contribution in [3.05, 3.63) is 90.1 Å². The maximum Gasteiger partial charge on any atom is 0.229 e. The Labute approximate surface area is 196 Å². The van der Waals surface area contributed by atoms with Crippen LogP contribution in [0.4, 0.5) is 10.2 Å². The molecule has 2 aromatic heterocycles. The molecule has 0 aliphatic carbocycles.